The van der Waals surface area contributed by atoms with Crippen molar-refractivity contribution in [3.05, 3.63) is 45.5 Å². The molecule has 0 aromatic heterocycles. The lowest BCUT2D eigenvalue weighted by Crippen LogP contribution is -2.36. The number of methoxy groups -OCH3 is 1. The Morgan fingerprint density at radius 2 is 2.19 bits per heavy atom. The number of esters is 1. The molecule has 0 N–H and O–H groups in total. The van der Waals surface area contributed by atoms with Crippen molar-refractivity contribution in [3.63, 3.8) is 0 Å². The van der Waals surface area contributed by atoms with Crippen molar-refractivity contribution in [1.29, 1.82) is 0 Å². The van der Waals surface area contributed by atoms with Crippen molar-refractivity contribution in [3.8, 4) is 0 Å². The molecule has 0 unspecified atom stereocenters. The molecule has 84 valence electrons. The van der Waals surface area contributed by atoms with Crippen molar-refractivity contribution in [2.45, 2.75) is 5.79 Å². The highest BCUT2D eigenvalue weighted by atomic mass is 16.7. The molecule has 1 aromatic carbocycles. The largest absolute Gasteiger partial charge is 0.418 e. The first-order valence-corrected chi connectivity index (χ1v) is 4.59. The number of carbonyl (C=O) groups is 1. The van der Waals surface area contributed by atoms with Crippen LogP contribution in [0.4, 0.5) is 0 Å². The van der Waals surface area contributed by atoms with E-state index in [1.54, 1.807) is 24.3 Å². The number of hydrogen-bond donors (Lipinski definition) is 0. The minimum absolute atomic E-state index is 0.311. The molecule has 16 heavy (non-hydrogen) atoms. The van der Waals surface area contributed by atoms with Gasteiger partial charge in [0.1, 0.15) is 0 Å². The van der Waals surface area contributed by atoms with Gasteiger partial charge >= 0.3 is 11.8 Å². The van der Waals surface area contributed by atoms with Crippen LogP contribution in [-0.2, 0) is 15.3 Å². The summed E-state index contributed by atoms with van der Waals surface area (Å²) in [5.74, 6) is -2.18. The number of benzene rings is 1. The molecule has 0 spiro atoms. The van der Waals surface area contributed by atoms with Crippen LogP contribution in [0.1, 0.15) is 15.9 Å². The summed E-state index contributed by atoms with van der Waals surface area (Å²) >= 11 is 0. The van der Waals surface area contributed by atoms with Gasteiger partial charge in [-0.1, -0.05) is 18.2 Å². The van der Waals surface area contributed by atoms with Crippen molar-refractivity contribution < 1.29 is 19.2 Å². The van der Waals surface area contributed by atoms with Gasteiger partial charge in [0.25, 0.3) is 6.54 Å². The first-order valence-electron chi connectivity index (χ1n) is 4.59. The van der Waals surface area contributed by atoms with Gasteiger partial charge in [-0.2, -0.15) is 0 Å². The first-order chi connectivity index (χ1) is 7.59. The number of nitro groups is 1. The van der Waals surface area contributed by atoms with Gasteiger partial charge in [-0.3, -0.25) is 10.1 Å². The van der Waals surface area contributed by atoms with Crippen LogP contribution >= 0.6 is 0 Å². The van der Waals surface area contributed by atoms with Gasteiger partial charge in [0.2, 0.25) is 0 Å². The van der Waals surface area contributed by atoms with E-state index in [4.69, 9.17) is 9.47 Å². The van der Waals surface area contributed by atoms with E-state index in [1.807, 2.05) is 0 Å². The first kappa shape index (κ1) is 10.6. The highest BCUT2D eigenvalue weighted by Crippen LogP contribution is 2.37. The molecule has 0 fully saturated rings. The third-order valence-electron chi connectivity index (χ3n) is 2.48. The zero-order valence-corrected chi connectivity index (χ0v) is 8.50. The van der Waals surface area contributed by atoms with Gasteiger partial charge in [0, 0.05) is 17.6 Å². The fourth-order valence-corrected chi connectivity index (χ4v) is 1.76. The lowest BCUT2D eigenvalue weighted by molar-refractivity contribution is -0.520. The van der Waals surface area contributed by atoms with Crippen LogP contribution < -0.4 is 0 Å². The number of fused-ring (bicyclic) bond motifs is 1. The monoisotopic (exact) mass is 223 g/mol. The Labute approximate surface area is 90.9 Å². The molecular formula is C10H9NO5. The summed E-state index contributed by atoms with van der Waals surface area (Å²) in [6, 6.07) is 6.48. The fraction of sp³-hybridized carbons (Fsp3) is 0.300. The van der Waals surface area contributed by atoms with Gasteiger partial charge in [-0.05, 0) is 6.07 Å². The van der Waals surface area contributed by atoms with Crippen LogP contribution in [0.25, 0.3) is 0 Å². The van der Waals surface area contributed by atoms with E-state index in [0.29, 0.717) is 11.1 Å². The normalized spacial score (nSPS) is 22.7. The van der Waals surface area contributed by atoms with Gasteiger partial charge < -0.3 is 9.47 Å². The molecule has 0 bridgehead atoms. The van der Waals surface area contributed by atoms with Crippen LogP contribution in [0, 0.1) is 10.1 Å². The van der Waals surface area contributed by atoms with Crippen molar-refractivity contribution in [2.24, 2.45) is 0 Å². The zero-order chi connectivity index (χ0) is 11.8. The van der Waals surface area contributed by atoms with Crippen molar-refractivity contribution in [2.75, 3.05) is 13.7 Å². The maximum absolute atomic E-state index is 11.5. The Morgan fingerprint density at radius 1 is 1.50 bits per heavy atom. The summed E-state index contributed by atoms with van der Waals surface area (Å²) in [5, 5.41) is 10.6. The minimum atomic E-state index is -1.59. The lowest BCUT2D eigenvalue weighted by atomic mass is 10.0. The quantitative estimate of drug-likeness (QED) is 0.432. The van der Waals surface area contributed by atoms with Gasteiger partial charge in [0.15, 0.2) is 0 Å². The van der Waals surface area contributed by atoms with E-state index in [9.17, 15) is 14.9 Å². The average Bonchev–Trinajstić information content (AvgIpc) is 2.53. The Morgan fingerprint density at radius 3 is 2.81 bits per heavy atom. The maximum atomic E-state index is 11.5. The molecule has 2 rings (SSSR count). The summed E-state index contributed by atoms with van der Waals surface area (Å²) in [4.78, 5) is 21.5. The SMILES string of the molecule is CO[C@@]1(C[N+](=O)[O-])OC(=O)c2ccccc21. The topological polar surface area (TPSA) is 78.7 Å². The average molecular weight is 223 g/mol. The van der Waals surface area contributed by atoms with E-state index >= 15 is 0 Å². The van der Waals surface area contributed by atoms with E-state index < -0.39 is 23.2 Å². The maximum Gasteiger partial charge on any atom is 0.341 e. The highest BCUT2D eigenvalue weighted by Gasteiger charge is 2.50. The van der Waals surface area contributed by atoms with Crippen LogP contribution in [-0.4, -0.2) is 24.5 Å². The van der Waals surface area contributed by atoms with Crippen LogP contribution in [0.3, 0.4) is 0 Å². The van der Waals surface area contributed by atoms with E-state index in [1.165, 1.54) is 7.11 Å². The highest BCUT2D eigenvalue weighted by molar-refractivity contribution is 5.94. The second kappa shape index (κ2) is 3.57. The summed E-state index contributed by atoms with van der Waals surface area (Å²) in [6.07, 6.45) is 0. The summed E-state index contributed by atoms with van der Waals surface area (Å²) in [7, 11) is 1.28. The lowest BCUT2D eigenvalue weighted by Gasteiger charge is -2.22. The Hall–Kier alpha value is -1.95. The van der Waals surface area contributed by atoms with Gasteiger partial charge in [0.05, 0.1) is 5.56 Å². The molecule has 0 amide bonds. The summed E-state index contributed by atoms with van der Waals surface area (Å²) in [6.45, 7) is -0.605. The molecule has 0 saturated carbocycles. The molecule has 1 heterocycles. The second-order valence-electron chi connectivity index (χ2n) is 3.38. The van der Waals surface area contributed by atoms with Crippen LogP contribution in [0.15, 0.2) is 24.3 Å². The molecule has 1 aliphatic heterocycles. The number of carbonyl (C=O) groups excluding carboxylic acids is 1. The second-order valence-corrected chi connectivity index (χ2v) is 3.38. The third kappa shape index (κ3) is 1.43. The number of hydrogen-bond acceptors (Lipinski definition) is 5. The molecular weight excluding hydrogens is 214 g/mol. The van der Waals surface area contributed by atoms with E-state index in [0.717, 1.165) is 0 Å². The predicted octanol–water partition coefficient (Wildman–Crippen LogP) is 0.933. The molecule has 1 aliphatic rings. The molecule has 1 atom stereocenters. The Kier molecular flexibility index (Phi) is 2.35. The van der Waals surface area contributed by atoms with Crippen molar-refractivity contribution in [1.82, 2.24) is 0 Å². The van der Waals surface area contributed by atoms with Crippen LogP contribution in [0.2, 0.25) is 0 Å². The standard InChI is InChI=1S/C10H9NO5/c1-15-10(6-11(13)14)8-5-3-2-4-7(8)9(12)16-10/h2-5H,6H2,1H3/t10-/m0/s1. The number of ether oxygens (including phenoxy) is 2. The zero-order valence-electron chi connectivity index (χ0n) is 8.50. The van der Waals surface area contributed by atoms with E-state index in [2.05, 4.69) is 0 Å². The number of cyclic esters (lactones) is 1. The molecule has 0 saturated heterocycles. The van der Waals surface area contributed by atoms with Crippen molar-refractivity contribution >= 4 is 5.97 Å². The molecule has 6 heteroatoms. The fourth-order valence-electron chi connectivity index (χ4n) is 1.76. The predicted molar refractivity (Wildman–Crippen MR) is 52.4 cm³/mol. The van der Waals surface area contributed by atoms with Gasteiger partial charge in [-0.25, -0.2) is 4.79 Å². The number of rotatable bonds is 3. The molecule has 6 nitrogen and oxygen atoms in total. The minimum Gasteiger partial charge on any atom is -0.418 e. The Bertz CT molecular complexity index is 454. The summed E-state index contributed by atoms with van der Waals surface area (Å²) in [5.41, 5.74) is 0.713. The number of nitrogens with zero attached hydrogens (tertiary/aromatic N) is 1. The molecule has 1 aromatic rings. The summed E-state index contributed by atoms with van der Waals surface area (Å²) < 4.78 is 10.00. The van der Waals surface area contributed by atoms with E-state index in [-0.39, 0.29) is 0 Å². The Balaban J connectivity index is 2.51. The smallest absolute Gasteiger partial charge is 0.341 e. The van der Waals surface area contributed by atoms with Gasteiger partial charge in [-0.15, -0.1) is 0 Å². The van der Waals surface area contributed by atoms with Crippen LogP contribution in [0.5, 0.6) is 0 Å². The molecule has 0 aliphatic carbocycles. The molecule has 0 radical (unpaired) electrons. The third-order valence-corrected chi connectivity index (χ3v) is 2.48.